The number of hydrogen-bond acceptors (Lipinski definition) is 10. The summed E-state index contributed by atoms with van der Waals surface area (Å²) in [5.74, 6) is -2.73. The van der Waals surface area contributed by atoms with Crippen molar-refractivity contribution in [2.45, 2.75) is 57.9 Å². The molecule has 1 fully saturated rings. The van der Waals surface area contributed by atoms with Crippen molar-refractivity contribution < 1.29 is 47.6 Å². The van der Waals surface area contributed by atoms with Crippen molar-refractivity contribution in [3.8, 4) is 0 Å². The van der Waals surface area contributed by atoms with Crippen LogP contribution in [0.4, 0.5) is 0 Å². The molecule has 27 heavy (non-hydrogen) atoms. The van der Waals surface area contributed by atoms with Crippen LogP contribution in [0.25, 0.3) is 0 Å². The molecule has 5 atom stereocenters. The largest absolute Gasteiger partial charge is 0.462 e. The maximum absolute atomic E-state index is 11.6. The molecule has 1 aliphatic rings. The summed E-state index contributed by atoms with van der Waals surface area (Å²) in [6.07, 6.45) is -3.74. The van der Waals surface area contributed by atoms with Crippen molar-refractivity contribution >= 4 is 23.9 Å². The normalized spacial score (nSPS) is 30.0. The van der Waals surface area contributed by atoms with Crippen LogP contribution in [0.5, 0.6) is 0 Å². The Labute approximate surface area is 156 Å². The van der Waals surface area contributed by atoms with E-state index in [1.807, 2.05) is 0 Å². The molecule has 0 spiro atoms. The quantitative estimate of drug-likeness (QED) is 0.341. The molecule has 0 aliphatic carbocycles. The summed E-state index contributed by atoms with van der Waals surface area (Å²) in [5, 5.41) is 0. The standard InChI is InChI=1S/C17H24O10/c1-7-17(8-23-9(2)18)15(25-11(4)20)13(22-6)14(24-10(3)19)16(27-17)26-12(5)21/h7,13-16H,1,8H2,2-6H3/t13-,14?,15+,16+,17?/m1/s1. The third-order valence-corrected chi connectivity index (χ3v) is 3.70. The Bertz CT molecular complexity index is 601. The molecule has 2 unspecified atom stereocenters. The molecule has 10 nitrogen and oxygen atoms in total. The van der Waals surface area contributed by atoms with Crippen molar-refractivity contribution in [1.82, 2.24) is 0 Å². The second kappa shape index (κ2) is 9.47. The second-order valence-corrected chi connectivity index (χ2v) is 5.84. The Morgan fingerprint density at radius 1 is 0.926 bits per heavy atom. The van der Waals surface area contributed by atoms with Crippen molar-refractivity contribution in [1.29, 1.82) is 0 Å². The molecule has 1 aliphatic heterocycles. The predicted octanol–water partition coefficient (Wildman–Crippen LogP) is 0.272. The van der Waals surface area contributed by atoms with Gasteiger partial charge in [-0.3, -0.25) is 19.2 Å². The zero-order valence-corrected chi connectivity index (χ0v) is 15.9. The number of esters is 4. The Morgan fingerprint density at radius 3 is 1.89 bits per heavy atom. The van der Waals surface area contributed by atoms with Gasteiger partial charge in [-0.1, -0.05) is 12.7 Å². The van der Waals surface area contributed by atoms with Crippen LogP contribution in [0.15, 0.2) is 12.7 Å². The number of methoxy groups -OCH3 is 1. The van der Waals surface area contributed by atoms with E-state index in [9.17, 15) is 19.2 Å². The van der Waals surface area contributed by atoms with E-state index >= 15 is 0 Å². The Hall–Kier alpha value is -2.46. The lowest BCUT2D eigenvalue weighted by molar-refractivity contribution is -0.322. The maximum atomic E-state index is 11.6. The third-order valence-electron chi connectivity index (χ3n) is 3.70. The number of carbonyl (C=O) groups is 4. The molecule has 0 N–H and O–H groups in total. The minimum Gasteiger partial charge on any atom is -0.462 e. The molecule has 10 heteroatoms. The fourth-order valence-electron chi connectivity index (χ4n) is 2.68. The first-order valence-corrected chi connectivity index (χ1v) is 8.05. The highest BCUT2D eigenvalue weighted by Crippen LogP contribution is 2.37. The molecule has 0 aromatic heterocycles. The highest BCUT2D eigenvalue weighted by Gasteiger charge is 2.59. The third kappa shape index (κ3) is 5.76. The van der Waals surface area contributed by atoms with Crippen LogP contribution in [0.2, 0.25) is 0 Å². The van der Waals surface area contributed by atoms with Gasteiger partial charge in [-0.25, -0.2) is 0 Å². The van der Waals surface area contributed by atoms with Gasteiger partial charge in [0.1, 0.15) is 12.7 Å². The van der Waals surface area contributed by atoms with Gasteiger partial charge in [0.05, 0.1) is 0 Å². The van der Waals surface area contributed by atoms with E-state index in [0.29, 0.717) is 0 Å². The van der Waals surface area contributed by atoms with E-state index in [-0.39, 0.29) is 0 Å². The molecular formula is C17H24O10. The zero-order valence-electron chi connectivity index (χ0n) is 15.9. The Balaban J connectivity index is 3.42. The molecule has 0 radical (unpaired) electrons. The minimum atomic E-state index is -1.62. The Morgan fingerprint density at radius 2 is 1.48 bits per heavy atom. The molecular weight excluding hydrogens is 364 g/mol. The summed E-state index contributed by atoms with van der Waals surface area (Å²) < 4.78 is 31.8. The molecule has 1 heterocycles. The fourth-order valence-corrected chi connectivity index (χ4v) is 2.68. The van der Waals surface area contributed by atoms with E-state index in [2.05, 4.69) is 6.58 Å². The van der Waals surface area contributed by atoms with Crippen LogP contribution in [0.1, 0.15) is 27.7 Å². The summed E-state index contributed by atoms with van der Waals surface area (Å²) in [5.41, 5.74) is -1.62. The molecule has 0 bridgehead atoms. The van der Waals surface area contributed by atoms with Gasteiger partial charge in [0.25, 0.3) is 0 Å². The molecule has 152 valence electrons. The smallest absolute Gasteiger partial charge is 0.305 e. The number of hydrogen-bond donors (Lipinski definition) is 0. The fraction of sp³-hybridized carbons (Fsp3) is 0.647. The number of rotatable bonds is 7. The monoisotopic (exact) mass is 388 g/mol. The predicted molar refractivity (Wildman–Crippen MR) is 88.1 cm³/mol. The molecule has 0 saturated carbocycles. The number of ether oxygens (including phenoxy) is 6. The number of carbonyl (C=O) groups excluding carboxylic acids is 4. The topological polar surface area (TPSA) is 124 Å². The van der Waals surface area contributed by atoms with Crippen LogP contribution in [-0.4, -0.2) is 67.8 Å². The average molecular weight is 388 g/mol. The lowest BCUT2D eigenvalue weighted by Gasteiger charge is -2.49. The summed E-state index contributed by atoms with van der Waals surface area (Å²) in [4.78, 5) is 45.9. The summed E-state index contributed by atoms with van der Waals surface area (Å²) in [6.45, 7) is 7.86. The van der Waals surface area contributed by atoms with Crippen molar-refractivity contribution in [3.05, 3.63) is 12.7 Å². The van der Waals surface area contributed by atoms with Crippen LogP contribution < -0.4 is 0 Å². The van der Waals surface area contributed by atoms with Crippen molar-refractivity contribution in [2.24, 2.45) is 0 Å². The molecule has 1 saturated heterocycles. The first kappa shape index (κ1) is 22.6. The van der Waals surface area contributed by atoms with Crippen LogP contribution in [0, 0.1) is 0 Å². The highest BCUT2D eigenvalue weighted by atomic mass is 16.7. The van der Waals surface area contributed by atoms with Gasteiger partial charge in [0.15, 0.2) is 17.8 Å². The maximum Gasteiger partial charge on any atom is 0.305 e. The molecule has 0 aromatic rings. The van der Waals surface area contributed by atoms with Gasteiger partial charge in [-0.05, 0) is 0 Å². The van der Waals surface area contributed by atoms with Crippen LogP contribution in [-0.2, 0) is 47.6 Å². The lowest BCUT2D eigenvalue weighted by atomic mass is 9.86. The average Bonchev–Trinajstić information content (AvgIpc) is 2.54. The molecule has 0 aromatic carbocycles. The van der Waals surface area contributed by atoms with E-state index < -0.39 is 60.7 Å². The highest BCUT2D eigenvalue weighted by molar-refractivity contribution is 5.68. The van der Waals surface area contributed by atoms with E-state index in [1.54, 1.807) is 0 Å². The minimum absolute atomic E-state index is 0.409. The van der Waals surface area contributed by atoms with Crippen molar-refractivity contribution in [2.75, 3.05) is 13.7 Å². The molecule has 1 rings (SSSR count). The first-order valence-electron chi connectivity index (χ1n) is 8.05. The van der Waals surface area contributed by atoms with Gasteiger partial charge in [0, 0.05) is 34.8 Å². The van der Waals surface area contributed by atoms with Crippen LogP contribution in [0.3, 0.4) is 0 Å². The van der Waals surface area contributed by atoms with Gasteiger partial charge in [0.2, 0.25) is 6.29 Å². The summed E-state index contributed by atoms with van der Waals surface area (Å²) in [6, 6.07) is 0. The molecule has 0 amide bonds. The second-order valence-electron chi connectivity index (χ2n) is 5.84. The van der Waals surface area contributed by atoms with Gasteiger partial charge in [-0.15, -0.1) is 0 Å². The van der Waals surface area contributed by atoms with Crippen LogP contribution >= 0.6 is 0 Å². The van der Waals surface area contributed by atoms with E-state index in [1.165, 1.54) is 20.1 Å². The SMILES string of the molecule is C=CC1(COC(C)=O)O[C@H](OC(C)=O)C(OC(C)=O)[C@@H](OC)[C@@H]1OC(C)=O. The lowest BCUT2D eigenvalue weighted by Crippen LogP contribution is -2.68. The van der Waals surface area contributed by atoms with E-state index in [4.69, 9.17) is 28.4 Å². The first-order chi connectivity index (χ1) is 12.6. The Kier molecular flexibility index (Phi) is 7.92. The van der Waals surface area contributed by atoms with Gasteiger partial charge < -0.3 is 28.4 Å². The van der Waals surface area contributed by atoms with Gasteiger partial charge in [-0.2, -0.15) is 0 Å². The summed E-state index contributed by atoms with van der Waals surface area (Å²) >= 11 is 0. The van der Waals surface area contributed by atoms with E-state index in [0.717, 1.165) is 20.8 Å². The van der Waals surface area contributed by atoms with Crippen molar-refractivity contribution in [3.63, 3.8) is 0 Å². The zero-order chi connectivity index (χ0) is 20.8. The summed E-state index contributed by atoms with van der Waals surface area (Å²) in [7, 11) is 1.29. The van der Waals surface area contributed by atoms with Gasteiger partial charge >= 0.3 is 23.9 Å².